The molecule has 0 heterocycles. The molecule has 0 N–H and O–H groups in total. The van der Waals surface area contributed by atoms with Gasteiger partial charge < -0.3 is 9.47 Å². The van der Waals surface area contributed by atoms with E-state index in [9.17, 15) is 4.79 Å². The highest BCUT2D eigenvalue weighted by atomic mass is 16.7. The lowest BCUT2D eigenvalue weighted by Crippen LogP contribution is -2.10. The summed E-state index contributed by atoms with van der Waals surface area (Å²) in [4.78, 5) is 11.3. The van der Waals surface area contributed by atoms with Gasteiger partial charge in [-0.1, -0.05) is 43.7 Å². The summed E-state index contributed by atoms with van der Waals surface area (Å²) < 4.78 is 9.66. The topological polar surface area (TPSA) is 59.3 Å². The van der Waals surface area contributed by atoms with Gasteiger partial charge in [-0.25, -0.2) is 4.79 Å². The number of methoxy groups -OCH3 is 1. The lowest BCUT2D eigenvalue weighted by molar-refractivity contribution is 0.0550. The molecule has 4 heteroatoms. The number of carbonyl (C=O) groups excluding carboxylic acids is 1. The molecule has 110 valence electrons. The Morgan fingerprint density at radius 1 is 1.29 bits per heavy atom. The van der Waals surface area contributed by atoms with Gasteiger partial charge in [-0.05, 0) is 18.6 Å². The van der Waals surface area contributed by atoms with E-state index in [1.165, 1.54) is 7.11 Å². The molecule has 0 saturated carbocycles. The van der Waals surface area contributed by atoms with Gasteiger partial charge in [0.25, 0.3) is 0 Å². The van der Waals surface area contributed by atoms with Crippen LogP contribution < -0.4 is 0 Å². The van der Waals surface area contributed by atoms with Crippen molar-refractivity contribution in [1.82, 2.24) is 0 Å². The van der Waals surface area contributed by atoms with Crippen LogP contribution in [0.25, 0.3) is 0 Å². The van der Waals surface area contributed by atoms with Crippen LogP contribution in [0.5, 0.6) is 0 Å². The van der Waals surface area contributed by atoms with Crippen LogP contribution in [0, 0.1) is 23.2 Å². The Balaban J connectivity index is 2.80. The van der Waals surface area contributed by atoms with Crippen LogP contribution in [0.4, 0.5) is 4.79 Å². The minimum atomic E-state index is -0.771. The summed E-state index contributed by atoms with van der Waals surface area (Å²) in [6, 6.07) is 8.84. The normalized spacial score (nSPS) is 10.7. The third-order valence-corrected chi connectivity index (χ3v) is 2.86. The predicted octanol–water partition coefficient (Wildman–Crippen LogP) is 3.97. The van der Waals surface area contributed by atoms with Gasteiger partial charge in [0.2, 0.25) is 0 Å². The van der Waals surface area contributed by atoms with Crippen molar-refractivity contribution in [2.45, 2.75) is 38.7 Å². The fraction of sp³-hybridized carbons (Fsp3) is 0.412. The lowest BCUT2D eigenvalue weighted by atomic mass is 10.1. The first kappa shape index (κ1) is 16.6. The molecule has 1 atom stereocenters. The maximum atomic E-state index is 11.3. The molecule has 1 unspecified atom stereocenters. The van der Waals surface area contributed by atoms with Crippen molar-refractivity contribution in [3.05, 3.63) is 35.4 Å². The van der Waals surface area contributed by atoms with Crippen LogP contribution >= 0.6 is 0 Å². The van der Waals surface area contributed by atoms with Crippen molar-refractivity contribution in [2.24, 2.45) is 0 Å². The van der Waals surface area contributed by atoms with Crippen LogP contribution in [-0.2, 0) is 9.47 Å². The van der Waals surface area contributed by atoms with Gasteiger partial charge in [0.05, 0.1) is 18.7 Å². The van der Waals surface area contributed by atoms with Crippen molar-refractivity contribution in [1.29, 1.82) is 5.26 Å². The summed E-state index contributed by atoms with van der Waals surface area (Å²) in [5.74, 6) is 5.97. The largest absolute Gasteiger partial charge is 0.509 e. The minimum absolute atomic E-state index is 0.548. The third-order valence-electron chi connectivity index (χ3n) is 2.86. The van der Waals surface area contributed by atoms with E-state index in [1.54, 1.807) is 24.3 Å². The zero-order valence-corrected chi connectivity index (χ0v) is 12.4. The highest BCUT2D eigenvalue weighted by Crippen LogP contribution is 2.18. The number of nitrogens with zero attached hydrogens (tertiary/aromatic N) is 1. The number of ether oxygens (including phenoxy) is 2. The molecular formula is C17H19NO3. The summed E-state index contributed by atoms with van der Waals surface area (Å²) in [6.07, 6.45) is 2.62. The molecule has 0 aliphatic carbocycles. The SMILES string of the molecule is CCCCCC#CC(OC(=O)OC)c1ccc(C#N)cc1. The zero-order chi connectivity index (χ0) is 15.5. The smallest absolute Gasteiger partial charge is 0.438 e. The number of rotatable bonds is 5. The summed E-state index contributed by atoms with van der Waals surface area (Å²) in [7, 11) is 1.26. The fourth-order valence-corrected chi connectivity index (χ4v) is 1.69. The van der Waals surface area contributed by atoms with Gasteiger partial charge in [-0.15, -0.1) is 0 Å². The Labute approximate surface area is 125 Å². The molecule has 0 amide bonds. The minimum Gasteiger partial charge on any atom is -0.438 e. The Morgan fingerprint density at radius 2 is 2.00 bits per heavy atom. The van der Waals surface area contributed by atoms with Crippen molar-refractivity contribution in [3.8, 4) is 17.9 Å². The van der Waals surface area contributed by atoms with Gasteiger partial charge in [0, 0.05) is 12.0 Å². The third kappa shape index (κ3) is 6.01. The second-order valence-electron chi connectivity index (χ2n) is 4.46. The number of hydrogen-bond acceptors (Lipinski definition) is 4. The van der Waals surface area contributed by atoms with Crippen molar-refractivity contribution in [3.63, 3.8) is 0 Å². The van der Waals surface area contributed by atoms with Gasteiger partial charge >= 0.3 is 6.16 Å². The molecular weight excluding hydrogens is 266 g/mol. The standard InChI is InChI=1S/C17H19NO3/c1-3-4-5-6-7-8-16(21-17(19)20-2)15-11-9-14(13-18)10-12-15/h9-12,16H,3-6H2,1-2H3. The van der Waals surface area contributed by atoms with E-state index in [-0.39, 0.29) is 0 Å². The molecule has 4 nitrogen and oxygen atoms in total. The van der Waals surface area contributed by atoms with Crippen LogP contribution in [0.2, 0.25) is 0 Å². The summed E-state index contributed by atoms with van der Waals surface area (Å²) >= 11 is 0. The Hall–Kier alpha value is -2.46. The van der Waals surface area contributed by atoms with Gasteiger partial charge in [-0.2, -0.15) is 5.26 Å². The molecule has 0 aliphatic rings. The molecule has 0 aromatic heterocycles. The maximum absolute atomic E-state index is 11.3. The van der Waals surface area contributed by atoms with Crippen LogP contribution in [0.15, 0.2) is 24.3 Å². The van der Waals surface area contributed by atoms with Crippen molar-refractivity contribution >= 4 is 6.16 Å². The number of benzene rings is 1. The first-order valence-corrected chi connectivity index (χ1v) is 6.94. The molecule has 1 rings (SSSR count). The van der Waals surface area contributed by atoms with E-state index in [4.69, 9.17) is 10.00 Å². The first-order valence-electron chi connectivity index (χ1n) is 6.94. The molecule has 21 heavy (non-hydrogen) atoms. The van der Waals surface area contributed by atoms with E-state index in [1.807, 2.05) is 6.07 Å². The Morgan fingerprint density at radius 3 is 2.57 bits per heavy atom. The predicted molar refractivity (Wildman–Crippen MR) is 79.3 cm³/mol. The van der Waals surface area contributed by atoms with E-state index >= 15 is 0 Å². The second-order valence-corrected chi connectivity index (χ2v) is 4.46. The Bertz CT molecular complexity index is 546. The van der Waals surface area contributed by atoms with E-state index in [2.05, 4.69) is 23.5 Å². The van der Waals surface area contributed by atoms with E-state index < -0.39 is 12.3 Å². The summed E-state index contributed by atoms with van der Waals surface area (Å²) in [6.45, 7) is 2.13. The fourth-order valence-electron chi connectivity index (χ4n) is 1.69. The average Bonchev–Trinajstić information content (AvgIpc) is 2.53. The quantitative estimate of drug-likeness (QED) is 0.466. The van der Waals surface area contributed by atoms with Crippen molar-refractivity contribution in [2.75, 3.05) is 7.11 Å². The number of carbonyl (C=O) groups is 1. The first-order chi connectivity index (χ1) is 10.2. The average molecular weight is 285 g/mol. The number of hydrogen-bond donors (Lipinski definition) is 0. The monoisotopic (exact) mass is 285 g/mol. The molecule has 0 fully saturated rings. The van der Waals surface area contributed by atoms with E-state index in [0.29, 0.717) is 5.56 Å². The second kappa shape index (κ2) is 9.44. The maximum Gasteiger partial charge on any atom is 0.509 e. The molecule has 0 aliphatic heterocycles. The highest BCUT2D eigenvalue weighted by Gasteiger charge is 2.14. The van der Waals surface area contributed by atoms with Crippen LogP contribution in [0.1, 0.15) is 49.8 Å². The molecule has 0 bridgehead atoms. The number of unbranched alkanes of at least 4 members (excludes halogenated alkanes) is 3. The van der Waals surface area contributed by atoms with Gasteiger partial charge in [0.1, 0.15) is 0 Å². The molecule has 0 spiro atoms. The Kier molecular flexibility index (Phi) is 7.46. The van der Waals surface area contributed by atoms with Crippen LogP contribution in [-0.4, -0.2) is 13.3 Å². The van der Waals surface area contributed by atoms with E-state index in [0.717, 1.165) is 31.2 Å². The van der Waals surface area contributed by atoms with Crippen LogP contribution in [0.3, 0.4) is 0 Å². The zero-order valence-electron chi connectivity index (χ0n) is 12.4. The highest BCUT2D eigenvalue weighted by molar-refractivity contribution is 5.60. The van der Waals surface area contributed by atoms with Gasteiger partial charge in [0.15, 0.2) is 6.10 Å². The molecule has 0 radical (unpaired) electrons. The molecule has 0 saturated heterocycles. The summed E-state index contributed by atoms with van der Waals surface area (Å²) in [5.41, 5.74) is 1.27. The molecule has 1 aromatic carbocycles. The number of nitriles is 1. The molecule has 1 aromatic rings. The lowest BCUT2D eigenvalue weighted by Gasteiger charge is -2.11. The van der Waals surface area contributed by atoms with Crippen molar-refractivity contribution < 1.29 is 14.3 Å². The van der Waals surface area contributed by atoms with Gasteiger partial charge in [-0.3, -0.25) is 0 Å². The summed E-state index contributed by atoms with van der Waals surface area (Å²) in [5, 5.41) is 8.79.